The van der Waals surface area contributed by atoms with E-state index in [-0.39, 0.29) is 17.5 Å². The fourth-order valence-corrected chi connectivity index (χ4v) is 6.89. The number of carbonyl (C=O) groups excluding carboxylic acids is 1. The van der Waals surface area contributed by atoms with E-state index >= 15 is 0 Å². The number of carbonyl (C=O) groups is 1. The Morgan fingerprint density at radius 2 is 1.55 bits per heavy atom. The van der Waals surface area contributed by atoms with Gasteiger partial charge in [0.2, 0.25) is 0 Å². The predicted octanol–water partition coefficient (Wildman–Crippen LogP) is 4.36. The third kappa shape index (κ3) is 4.07. The van der Waals surface area contributed by atoms with E-state index < -0.39 is 0 Å². The van der Waals surface area contributed by atoms with Crippen molar-refractivity contribution in [3.63, 3.8) is 0 Å². The SMILES string of the molecule is Cc1sc2c(=O)n(C3CCCCC3)cnc2c1C(=O)N1CCN(C2CCCCC2)CC1. The van der Waals surface area contributed by atoms with Crippen LogP contribution >= 0.6 is 11.3 Å². The number of aromatic nitrogens is 2. The molecule has 7 heteroatoms. The Hall–Kier alpha value is -1.73. The highest BCUT2D eigenvalue weighted by Crippen LogP contribution is 2.31. The molecular formula is C24H34N4O2S. The molecule has 2 aromatic rings. The normalized spacial score (nSPS) is 22.3. The first kappa shape index (κ1) is 21.1. The van der Waals surface area contributed by atoms with Crippen molar-refractivity contribution in [2.45, 2.75) is 83.2 Å². The van der Waals surface area contributed by atoms with Crippen LogP contribution in [-0.2, 0) is 0 Å². The summed E-state index contributed by atoms with van der Waals surface area (Å²) in [6.45, 7) is 5.41. The summed E-state index contributed by atoms with van der Waals surface area (Å²) in [5.41, 5.74) is 1.30. The monoisotopic (exact) mass is 442 g/mol. The van der Waals surface area contributed by atoms with Gasteiger partial charge in [0.25, 0.3) is 11.5 Å². The molecule has 3 heterocycles. The Balaban J connectivity index is 1.35. The number of rotatable bonds is 3. The van der Waals surface area contributed by atoms with Crippen LogP contribution < -0.4 is 5.56 Å². The van der Waals surface area contributed by atoms with Gasteiger partial charge in [0, 0.05) is 43.1 Å². The van der Waals surface area contributed by atoms with E-state index in [0.29, 0.717) is 21.8 Å². The lowest BCUT2D eigenvalue weighted by atomic mass is 9.94. The third-order valence-electron chi connectivity index (χ3n) is 7.67. The second-order valence-corrected chi connectivity index (χ2v) is 10.8. The minimum Gasteiger partial charge on any atom is -0.336 e. The zero-order valence-electron chi connectivity index (χ0n) is 18.6. The van der Waals surface area contributed by atoms with E-state index in [1.165, 1.54) is 62.7 Å². The van der Waals surface area contributed by atoms with Gasteiger partial charge in [0.05, 0.1) is 11.9 Å². The van der Waals surface area contributed by atoms with Gasteiger partial charge in [-0.1, -0.05) is 38.5 Å². The fraction of sp³-hybridized carbons (Fsp3) is 0.708. The summed E-state index contributed by atoms with van der Waals surface area (Å²) in [5, 5.41) is 0. The number of hydrogen-bond donors (Lipinski definition) is 0. The van der Waals surface area contributed by atoms with Gasteiger partial charge in [-0.2, -0.15) is 0 Å². The molecule has 0 spiro atoms. The average Bonchev–Trinajstić information content (AvgIpc) is 3.17. The number of piperazine rings is 1. The maximum absolute atomic E-state index is 13.4. The molecule has 1 saturated heterocycles. The highest BCUT2D eigenvalue weighted by molar-refractivity contribution is 7.19. The lowest BCUT2D eigenvalue weighted by molar-refractivity contribution is 0.0524. The topological polar surface area (TPSA) is 58.4 Å². The number of amides is 1. The van der Waals surface area contributed by atoms with Crippen LogP contribution in [0.2, 0.25) is 0 Å². The quantitative estimate of drug-likeness (QED) is 0.709. The van der Waals surface area contributed by atoms with Gasteiger partial charge in [-0.15, -0.1) is 11.3 Å². The van der Waals surface area contributed by atoms with Crippen molar-refractivity contribution in [3.05, 3.63) is 27.1 Å². The molecule has 0 radical (unpaired) electrons. The summed E-state index contributed by atoms with van der Waals surface area (Å²) in [4.78, 5) is 36.8. The number of nitrogens with zero attached hydrogens (tertiary/aromatic N) is 4. The summed E-state index contributed by atoms with van der Waals surface area (Å²) in [7, 11) is 0. The van der Waals surface area contributed by atoms with Gasteiger partial charge in [-0.3, -0.25) is 19.1 Å². The Morgan fingerprint density at radius 3 is 2.19 bits per heavy atom. The van der Waals surface area contributed by atoms with Crippen LogP contribution in [0.5, 0.6) is 0 Å². The maximum Gasteiger partial charge on any atom is 0.271 e. The molecule has 2 aromatic heterocycles. The molecule has 0 bridgehead atoms. The summed E-state index contributed by atoms with van der Waals surface area (Å²) in [6, 6.07) is 0.960. The van der Waals surface area contributed by atoms with Gasteiger partial charge < -0.3 is 4.90 Å². The highest BCUT2D eigenvalue weighted by Gasteiger charge is 2.30. The van der Waals surface area contributed by atoms with Crippen LogP contribution in [0.4, 0.5) is 0 Å². The molecule has 3 aliphatic rings. The lowest BCUT2D eigenvalue weighted by Crippen LogP contribution is -2.52. The molecule has 0 atom stereocenters. The largest absolute Gasteiger partial charge is 0.336 e. The van der Waals surface area contributed by atoms with Crippen LogP contribution in [-0.4, -0.2) is 57.5 Å². The molecule has 0 unspecified atom stereocenters. The van der Waals surface area contributed by atoms with E-state index in [9.17, 15) is 9.59 Å². The molecular weight excluding hydrogens is 408 g/mol. The first-order valence-corrected chi connectivity index (χ1v) is 13.0. The zero-order valence-corrected chi connectivity index (χ0v) is 19.5. The number of thiophene rings is 1. The van der Waals surface area contributed by atoms with Gasteiger partial charge in [-0.25, -0.2) is 4.98 Å². The van der Waals surface area contributed by atoms with Gasteiger partial charge >= 0.3 is 0 Å². The number of fused-ring (bicyclic) bond motifs is 1. The van der Waals surface area contributed by atoms with E-state index in [0.717, 1.165) is 43.9 Å². The fourth-order valence-electron chi connectivity index (χ4n) is 5.86. The van der Waals surface area contributed by atoms with Gasteiger partial charge in [-0.05, 0) is 32.6 Å². The minimum atomic E-state index is 0.0335. The van der Waals surface area contributed by atoms with Crippen molar-refractivity contribution in [2.24, 2.45) is 0 Å². The Labute approximate surface area is 188 Å². The lowest BCUT2D eigenvalue weighted by Gasteiger charge is -2.40. The summed E-state index contributed by atoms with van der Waals surface area (Å²) < 4.78 is 2.48. The Morgan fingerprint density at radius 1 is 0.935 bits per heavy atom. The molecule has 168 valence electrons. The summed E-state index contributed by atoms with van der Waals surface area (Å²) in [6.07, 6.45) is 14.1. The molecule has 1 aliphatic heterocycles. The van der Waals surface area contributed by atoms with Crippen LogP contribution in [0.15, 0.2) is 11.1 Å². The second-order valence-electron chi connectivity index (χ2n) is 9.58. The number of hydrogen-bond acceptors (Lipinski definition) is 5. The van der Waals surface area contributed by atoms with Gasteiger partial charge in [0.1, 0.15) is 10.2 Å². The third-order valence-corrected chi connectivity index (χ3v) is 8.76. The Kier molecular flexibility index (Phi) is 6.15. The average molecular weight is 443 g/mol. The van der Waals surface area contributed by atoms with Crippen molar-refractivity contribution in [1.29, 1.82) is 0 Å². The van der Waals surface area contributed by atoms with Crippen molar-refractivity contribution in [3.8, 4) is 0 Å². The molecule has 5 rings (SSSR count). The van der Waals surface area contributed by atoms with Crippen LogP contribution in [0.1, 0.15) is 85.5 Å². The predicted molar refractivity (Wildman–Crippen MR) is 125 cm³/mol. The molecule has 0 N–H and O–H groups in total. The second kappa shape index (κ2) is 9.02. The molecule has 2 saturated carbocycles. The summed E-state index contributed by atoms with van der Waals surface area (Å²) in [5.74, 6) is 0.0503. The molecule has 1 amide bonds. The van der Waals surface area contributed by atoms with Crippen LogP contribution in [0.25, 0.3) is 10.2 Å². The van der Waals surface area contributed by atoms with E-state index in [2.05, 4.69) is 9.88 Å². The number of aryl methyl sites for hydroxylation is 1. The zero-order chi connectivity index (χ0) is 21.4. The maximum atomic E-state index is 13.4. The molecule has 6 nitrogen and oxygen atoms in total. The van der Waals surface area contributed by atoms with Crippen LogP contribution in [0, 0.1) is 6.92 Å². The first-order valence-electron chi connectivity index (χ1n) is 12.2. The molecule has 3 fully saturated rings. The van der Waals surface area contributed by atoms with E-state index in [4.69, 9.17) is 0 Å². The molecule has 0 aromatic carbocycles. The summed E-state index contributed by atoms with van der Waals surface area (Å²) >= 11 is 1.45. The van der Waals surface area contributed by atoms with E-state index in [1.807, 2.05) is 16.4 Å². The first-order chi connectivity index (χ1) is 15.1. The Bertz CT molecular complexity index is 993. The standard InChI is InChI=1S/C24H34N4O2S/c1-17-20(23(29)27-14-12-26(13-15-27)18-8-4-2-5-9-18)21-22(31-17)24(30)28(16-25-21)19-10-6-3-7-11-19/h16,18-19H,2-15H2,1H3. The van der Waals surface area contributed by atoms with Crippen LogP contribution in [0.3, 0.4) is 0 Å². The highest BCUT2D eigenvalue weighted by atomic mass is 32.1. The van der Waals surface area contributed by atoms with Crippen molar-refractivity contribution in [2.75, 3.05) is 26.2 Å². The van der Waals surface area contributed by atoms with Crippen molar-refractivity contribution >= 4 is 27.5 Å². The van der Waals surface area contributed by atoms with Crippen molar-refractivity contribution < 1.29 is 4.79 Å². The molecule has 31 heavy (non-hydrogen) atoms. The van der Waals surface area contributed by atoms with E-state index in [1.54, 1.807) is 6.33 Å². The van der Waals surface area contributed by atoms with Crippen molar-refractivity contribution in [1.82, 2.24) is 19.4 Å². The minimum absolute atomic E-state index is 0.0335. The molecule has 2 aliphatic carbocycles. The smallest absolute Gasteiger partial charge is 0.271 e. The van der Waals surface area contributed by atoms with Gasteiger partial charge in [0.15, 0.2) is 0 Å².